The van der Waals surface area contributed by atoms with Gasteiger partial charge in [0.05, 0.1) is 13.0 Å². The van der Waals surface area contributed by atoms with Crippen molar-refractivity contribution < 1.29 is 14.3 Å². The third kappa shape index (κ3) is 3.40. The zero-order valence-corrected chi connectivity index (χ0v) is 13.8. The second kappa shape index (κ2) is 6.36. The summed E-state index contributed by atoms with van der Waals surface area (Å²) in [6.07, 6.45) is 3.10. The number of piperidine rings is 1. The van der Waals surface area contributed by atoms with Crippen molar-refractivity contribution in [2.24, 2.45) is 5.92 Å². The monoisotopic (exact) mass is 353 g/mol. The molecule has 0 aromatic heterocycles. The van der Waals surface area contributed by atoms with Crippen molar-refractivity contribution in [2.75, 3.05) is 26.7 Å². The molecule has 2 aliphatic heterocycles. The van der Waals surface area contributed by atoms with Crippen LogP contribution in [-0.4, -0.2) is 43.7 Å². The van der Waals surface area contributed by atoms with Gasteiger partial charge in [-0.1, -0.05) is 15.9 Å². The van der Waals surface area contributed by atoms with E-state index < -0.39 is 0 Å². The number of fused-ring (bicyclic) bond motifs is 1. The molecule has 2 atom stereocenters. The first-order valence-electron chi connectivity index (χ1n) is 7.41. The summed E-state index contributed by atoms with van der Waals surface area (Å²) < 4.78 is 12.0. The Morgan fingerprint density at radius 3 is 3.19 bits per heavy atom. The molecule has 2 heterocycles. The van der Waals surface area contributed by atoms with Crippen LogP contribution in [0.25, 0.3) is 0 Å². The van der Waals surface area contributed by atoms with Crippen LogP contribution in [0.5, 0.6) is 5.75 Å². The van der Waals surface area contributed by atoms with Gasteiger partial charge in [0, 0.05) is 24.0 Å². The van der Waals surface area contributed by atoms with Crippen molar-refractivity contribution in [3.8, 4) is 5.75 Å². The van der Waals surface area contributed by atoms with Crippen LogP contribution in [-0.2, 0) is 16.0 Å². The summed E-state index contributed by atoms with van der Waals surface area (Å²) >= 11 is 3.50. The number of halogens is 1. The molecule has 0 bridgehead atoms. The van der Waals surface area contributed by atoms with E-state index in [1.165, 1.54) is 12.7 Å². The van der Waals surface area contributed by atoms with E-state index in [4.69, 9.17) is 9.47 Å². The summed E-state index contributed by atoms with van der Waals surface area (Å²) in [7, 11) is 1.47. The van der Waals surface area contributed by atoms with Gasteiger partial charge < -0.3 is 9.47 Å². The largest absolute Gasteiger partial charge is 0.488 e. The van der Waals surface area contributed by atoms with Gasteiger partial charge in [-0.15, -0.1) is 0 Å². The van der Waals surface area contributed by atoms with E-state index in [0.29, 0.717) is 0 Å². The van der Waals surface area contributed by atoms with Crippen LogP contribution in [0, 0.1) is 5.92 Å². The molecule has 0 saturated carbocycles. The number of carbonyl (C=O) groups excluding carboxylic acids is 1. The topological polar surface area (TPSA) is 38.8 Å². The van der Waals surface area contributed by atoms with Crippen molar-refractivity contribution in [3.63, 3.8) is 0 Å². The average Bonchev–Trinajstić information content (AvgIpc) is 2.88. The number of carbonyl (C=O) groups is 1. The minimum absolute atomic E-state index is 0.0154. The Hall–Kier alpha value is -1.07. The quantitative estimate of drug-likeness (QED) is 0.783. The Labute approximate surface area is 133 Å². The van der Waals surface area contributed by atoms with Crippen LogP contribution < -0.4 is 4.74 Å². The number of hydrogen-bond donors (Lipinski definition) is 0. The van der Waals surface area contributed by atoms with Crippen LogP contribution in [0.4, 0.5) is 0 Å². The number of esters is 1. The molecule has 0 N–H and O–H groups in total. The van der Waals surface area contributed by atoms with Crippen LogP contribution in [0.2, 0.25) is 0 Å². The van der Waals surface area contributed by atoms with Gasteiger partial charge in [0.25, 0.3) is 0 Å². The highest BCUT2D eigenvalue weighted by Gasteiger charge is 2.30. The number of ether oxygens (including phenoxy) is 2. The van der Waals surface area contributed by atoms with Gasteiger partial charge in [0.1, 0.15) is 11.9 Å². The first-order valence-corrected chi connectivity index (χ1v) is 8.20. The first kappa shape index (κ1) is 14.9. The fourth-order valence-corrected chi connectivity index (χ4v) is 3.67. The van der Waals surface area contributed by atoms with Crippen LogP contribution in [0.1, 0.15) is 18.4 Å². The average molecular weight is 354 g/mol. The fourth-order valence-electron chi connectivity index (χ4n) is 3.26. The summed E-state index contributed by atoms with van der Waals surface area (Å²) in [5, 5.41) is 0. The summed E-state index contributed by atoms with van der Waals surface area (Å²) in [6.45, 7) is 2.69. The molecule has 0 radical (unpaired) electrons. The van der Waals surface area contributed by atoms with E-state index >= 15 is 0 Å². The lowest BCUT2D eigenvalue weighted by atomic mass is 9.97. The number of nitrogens with zero attached hydrogens (tertiary/aromatic N) is 1. The molecule has 0 amide bonds. The Morgan fingerprint density at radius 1 is 1.52 bits per heavy atom. The number of methoxy groups -OCH3 is 1. The minimum Gasteiger partial charge on any atom is -0.488 e. The second-order valence-corrected chi connectivity index (χ2v) is 6.73. The predicted octanol–water partition coefficient (Wildman–Crippen LogP) is 2.64. The Bertz CT molecular complexity index is 534. The molecule has 4 nitrogen and oxygen atoms in total. The standard InChI is InChI=1S/C16H20BrNO3/c1-20-16(19)11-3-2-6-18(9-11)10-14-8-12-7-13(17)4-5-15(12)21-14/h4-5,7,11,14H,2-3,6,8-10H2,1H3/t11-,14?/m0/s1. The van der Waals surface area contributed by atoms with E-state index in [1.54, 1.807) is 0 Å². The van der Waals surface area contributed by atoms with Gasteiger partial charge in [0.2, 0.25) is 0 Å². The van der Waals surface area contributed by atoms with Gasteiger partial charge in [0.15, 0.2) is 0 Å². The maximum absolute atomic E-state index is 11.7. The molecular weight excluding hydrogens is 334 g/mol. The summed E-state index contributed by atoms with van der Waals surface area (Å²) in [6, 6.07) is 6.16. The molecule has 1 aromatic rings. The lowest BCUT2D eigenvalue weighted by molar-refractivity contribution is -0.147. The maximum Gasteiger partial charge on any atom is 0.309 e. The second-order valence-electron chi connectivity index (χ2n) is 5.82. The van der Waals surface area contributed by atoms with E-state index in [0.717, 1.165) is 49.1 Å². The highest BCUT2D eigenvalue weighted by Crippen LogP contribution is 2.32. The lowest BCUT2D eigenvalue weighted by Gasteiger charge is -2.32. The smallest absolute Gasteiger partial charge is 0.309 e. The van der Waals surface area contributed by atoms with Crippen LogP contribution in [0.15, 0.2) is 22.7 Å². The van der Waals surface area contributed by atoms with E-state index in [2.05, 4.69) is 26.9 Å². The van der Waals surface area contributed by atoms with Crippen molar-refractivity contribution in [1.82, 2.24) is 4.90 Å². The molecule has 3 rings (SSSR count). The first-order chi connectivity index (χ1) is 10.2. The Balaban J connectivity index is 1.57. The van der Waals surface area contributed by atoms with Crippen LogP contribution in [0.3, 0.4) is 0 Å². The molecule has 1 aromatic carbocycles. The third-order valence-electron chi connectivity index (χ3n) is 4.27. The normalized spacial score (nSPS) is 25.2. The molecular formula is C16H20BrNO3. The molecule has 1 fully saturated rings. The minimum atomic E-state index is -0.0840. The van der Waals surface area contributed by atoms with E-state index in [-0.39, 0.29) is 18.0 Å². The van der Waals surface area contributed by atoms with Gasteiger partial charge in [-0.25, -0.2) is 0 Å². The van der Waals surface area contributed by atoms with E-state index in [9.17, 15) is 4.79 Å². The van der Waals surface area contributed by atoms with Gasteiger partial charge in [-0.3, -0.25) is 9.69 Å². The summed E-state index contributed by atoms with van der Waals surface area (Å²) in [4.78, 5) is 14.0. The number of rotatable bonds is 3. The Kier molecular flexibility index (Phi) is 4.50. The summed E-state index contributed by atoms with van der Waals surface area (Å²) in [5.41, 5.74) is 1.26. The number of likely N-dealkylation sites (tertiary alicyclic amines) is 1. The zero-order chi connectivity index (χ0) is 14.8. The predicted molar refractivity (Wildman–Crippen MR) is 83.4 cm³/mol. The van der Waals surface area contributed by atoms with Crippen molar-refractivity contribution in [3.05, 3.63) is 28.2 Å². The fraction of sp³-hybridized carbons (Fsp3) is 0.562. The van der Waals surface area contributed by atoms with Gasteiger partial charge in [-0.05, 0) is 43.1 Å². The summed E-state index contributed by atoms with van der Waals surface area (Å²) in [5.74, 6) is 0.922. The van der Waals surface area contributed by atoms with E-state index in [1.807, 2.05) is 12.1 Å². The van der Waals surface area contributed by atoms with Gasteiger partial charge in [-0.2, -0.15) is 0 Å². The highest BCUT2D eigenvalue weighted by molar-refractivity contribution is 9.10. The highest BCUT2D eigenvalue weighted by atomic mass is 79.9. The lowest BCUT2D eigenvalue weighted by Crippen LogP contribution is -2.43. The molecule has 21 heavy (non-hydrogen) atoms. The molecule has 0 spiro atoms. The zero-order valence-electron chi connectivity index (χ0n) is 12.2. The van der Waals surface area contributed by atoms with Crippen molar-refractivity contribution in [1.29, 1.82) is 0 Å². The molecule has 0 aliphatic carbocycles. The molecule has 1 saturated heterocycles. The SMILES string of the molecule is COC(=O)[C@H]1CCCN(CC2Cc3cc(Br)ccc3O2)C1. The van der Waals surface area contributed by atoms with Gasteiger partial charge >= 0.3 is 5.97 Å². The van der Waals surface area contributed by atoms with Crippen LogP contribution >= 0.6 is 15.9 Å². The molecule has 114 valence electrons. The van der Waals surface area contributed by atoms with Crippen molar-refractivity contribution in [2.45, 2.75) is 25.4 Å². The molecule has 1 unspecified atom stereocenters. The van der Waals surface area contributed by atoms with Crippen molar-refractivity contribution >= 4 is 21.9 Å². The maximum atomic E-state index is 11.7. The number of hydrogen-bond acceptors (Lipinski definition) is 4. The molecule has 2 aliphatic rings. The molecule has 5 heteroatoms. The Morgan fingerprint density at radius 2 is 2.38 bits per heavy atom. The number of benzene rings is 1. The third-order valence-corrected chi connectivity index (χ3v) is 4.76.